The van der Waals surface area contributed by atoms with Gasteiger partial charge in [-0.15, -0.1) is 0 Å². The molecule has 2 N–H and O–H groups in total. The molecule has 92 valence electrons. The number of aliphatic carboxylic acids is 1. The minimum Gasteiger partial charge on any atom is -0.480 e. The van der Waals surface area contributed by atoms with Crippen molar-refractivity contribution < 1.29 is 9.90 Å². The number of benzene rings is 1. The van der Waals surface area contributed by atoms with Crippen molar-refractivity contribution in [1.29, 1.82) is 0 Å². The van der Waals surface area contributed by atoms with E-state index in [0.717, 1.165) is 19.3 Å². The summed E-state index contributed by atoms with van der Waals surface area (Å²) in [5.74, 6) is -0.714. The average Bonchev–Trinajstić information content (AvgIpc) is 2.21. The Kier molecular flexibility index (Phi) is 3.20. The first-order valence-corrected chi connectivity index (χ1v) is 6.08. The Labute approximate surface area is 102 Å². The summed E-state index contributed by atoms with van der Waals surface area (Å²) in [5.41, 5.74) is 2.95. The van der Waals surface area contributed by atoms with Crippen molar-refractivity contribution in [2.24, 2.45) is 0 Å². The summed E-state index contributed by atoms with van der Waals surface area (Å²) in [5, 5.41) is 12.4. The van der Waals surface area contributed by atoms with Gasteiger partial charge in [0.25, 0.3) is 0 Å². The molecular formula is C14H19NO2. The minimum absolute atomic E-state index is 0.639. The summed E-state index contributed by atoms with van der Waals surface area (Å²) >= 11 is 0. The fourth-order valence-corrected chi connectivity index (χ4v) is 2.25. The van der Waals surface area contributed by atoms with E-state index >= 15 is 0 Å². The zero-order valence-corrected chi connectivity index (χ0v) is 10.4. The third-order valence-corrected chi connectivity index (χ3v) is 3.74. The molecular weight excluding hydrogens is 214 g/mol. The smallest absolute Gasteiger partial charge is 0.323 e. The van der Waals surface area contributed by atoms with Crippen LogP contribution in [0.3, 0.4) is 0 Å². The monoisotopic (exact) mass is 233 g/mol. The lowest BCUT2D eigenvalue weighted by atomic mass is 9.76. The Morgan fingerprint density at radius 1 is 1.41 bits per heavy atom. The quantitative estimate of drug-likeness (QED) is 0.839. The van der Waals surface area contributed by atoms with E-state index in [1.807, 2.05) is 0 Å². The van der Waals surface area contributed by atoms with Gasteiger partial charge in [-0.1, -0.05) is 23.8 Å². The van der Waals surface area contributed by atoms with Crippen molar-refractivity contribution in [2.45, 2.75) is 45.2 Å². The van der Waals surface area contributed by atoms with Crippen LogP contribution in [0.2, 0.25) is 0 Å². The predicted octanol–water partition coefficient (Wildman–Crippen LogP) is 2.40. The summed E-state index contributed by atoms with van der Waals surface area (Å²) in [6, 6.07) is 6.28. The Morgan fingerprint density at radius 2 is 2.12 bits per heavy atom. The third kappa shape index (κ3) is 2.34. The number of carbonyl (C=O) groups is 1. The first-order chi connectivity index (χ1) is 8.03. The Morgan fingerprint density at radius 3 is 2.65 bits per heavy atom. The van der Waals surface area contributed by atoms with Crippen molar-refractivity contribution in [3.8, 4) is 0 Å². The first kappa shape index (κ1) is 12.1. The number of rotatable bonds is 4. The molecule has 0 aliphatic heterocycles. The number of nitrogens with one attached hydrogen (secondary N) is 1. The van der Waals surface area contributed by atoms with Crippen LogP contribution in [-0.2, 0) is 11.3 Å². The SMILES string of the molecule is Cc1ccc(C)c(CNC2(C(=O)O)CCC2)c1. The highest BCUT2D eigenvalue weighted by Crippen LogP contribution is 2.32. The molecule has 0 atom stereocenters. The first-order valence-electron chi connectivity index (χ1n) is 6.08. The van der Waals surface area contributed by atoms with Crippen LogP contribution in [0.4, 0.5) is 0 Å². The molecule has 17 heavy (non-hydrogen) atoms. The van der Waals surface area contributed by atoms with E-state index < -0.39 is 11.5 Å². The molecule has 1 aliphatic carbocycles. The molecule has 0 aromatic heterocycles. The highest BCUT2D eigenvalue weighted by atomic mass is 16.4. The maximum atomic E-state index is 11.2. The van der Waals surface area contributed by atoms with Crippen LogP contribution >= 0.6 is 0 Å². The molecule has 0 spiro atoms. The van der Waals surface area contributed by atoms with Gasteiger partial charge in [-0.25, -0.2) is 0 Å². The summed E-state index contributed by atoms with van der Waals surface area (Å²) in [7, 11) is 0. The van der Waals surface area contributed by atoms with Gasteiger partial charge in [-0.2, -0.15) is 0 Å². The van der Waals surface area contributed by atoms with Crippen molar-refractivity contribution in [2.75, 3.05) is 0 Å². The van der Waals surface area contributed by atoms with Gasteiger partial charge in [-0.05, 0) is 44.2 Å². The second kappa shape index (κ2) is 4.49. The molecule has 0 radical (unpaired) electrons. The zero-order chi connectivity index (χ0) is 12.5. The maximum Gasteiger partial charge on any atom is 0.323 e. The highest BCUT2D eigenvalue weighted by molar-refractivity contribution is 5.80. The van der Waals surface area contributed by atoms with Crippen LogP contribution in [0.5, 0.6) is 0 Å². The number of hydrogen-bond acceptors (Lipinski definition) is 2. The van der Waals surface area contributed by atoms with E-state index in [0.29, 0.717) is 6.54 Å². The molecule has 3 nitrogen and oxygen atoms in total. The van der Waals surface area contributed by atoms with E-state index in [-0.39, 0.29) is 0 Å². The predicted molar refractivity (Wildman–Crippen MR) is 67.0 cm³/mol. The molecule has 3 heteroatoms. The van der Waals surface area contributed by atoms with Crippen molar-refractivity contribution in [1.82, 2.24) is 5.32 Å². The van der Waals surface area contributed by atoms with Gasteiger partial charge >= 0.3 is 5.97 Å². The summed E-state index contributed by atoms with van der Waals surface area (Å²) in [6.45, 7) is 4.75. The molecule has 0 heterocycles. The fraction of sp³-hybridized carbons (Fsp3) is 0.500. The molecule has 0 saturated heterocycles. The van der Waals surface area contributed by atoms with Gasteiger partial charge in [0.1, 0.15) is 5.54 Å². The number of aryl methyl sites for hydroxylation is 2. The Balaban J connectivity index is 2.07. The number of hydrogen-bond donors (Lipinski definition) is 2. The molecule has 1 aromatic carbocycles. The van der Waals surface area contributed by atoms with E-state index in [2.05, 4.69) is 37.4 Å². The lowest BCUT2D eigenvalue weighted by molar-refractivity contribution is -0.148. The normalized spacial score (nSPS) is 17.5. The Bertz CT molecular complexity index is 436. The summed E-state index contributed by atoms with van der Waals surface area (Å²) in [4.78, 5) is 11.2. The van der Waals surface area contributed by atoms with E-state index in [4.69, 9.17) is 0 Å². The molecule has 1 aliphatic rings. The lowest BCUT2D eigenvalue weighted by Gasteiger charge is -2.38. The molecule has 2 rings (SSSR count). The van der Waals surface area contributed by atoms with Gasteiger partial charge in [0.05, 0.1) is 0 Å². The third-order valence-electron chi connectivity index (χ3n) is 3.74. The molecule has 0 amide bonds. The molecule has 0 unspecified atom stereocenters. The summed E-state index contributed by atoms with van der Waals surface area (Å²) in [6.07, 6.45) is 2.49. The van der Waals surface area contributed by atoms with Crippen LogP contribution in [0.25, 0.3) is 0 Å². The molecule has 1 saturated carbocycles. The Hall–Kier alpha value is -1.35. The second-order valence-corrected chi connectivity index (χ2v) is 5.02. The molecule has 1 fully saturated rings. The molecule has 0 bridgehead atoms. The number of carboxylic acid groups (broad SMARTS) is 1. The van der Waals surface area contributed by atoms with Crippen LogP contribution in [-0.4, -0.2) is 16.6 Å². The van der Waals surface area contributed by atoms with Crippen LogP contribution in [0.15, 0.2) is 18.2 Å². The van der Waals surface area contributed by atoms with Gasteiger partial charge in [0.2, 0.25) is 0 Å². The lowest BCUT2D eigenvalue weighted by Crippen LogP contribution is -2.56. The van der Waals surface area contributed by atoms with Gasteiger partial charge < -0.3 is 5.11 Å². The maximum absolute atomic E-state index is 11.2. The molecule has 1 aromatic rings. The summed E-state index contributed by atoms with van der Waals surface area (Å²) < 4.78 is 0. The van der Waals surface area contributed by atoms with Crippen LogP contribution in [0.1, 0.15) is 36.0 Å². The zero-order valence-electron chi connectivity index (χ0n) is 10.4. The van der Waals surface area contributed by atoms with Gasteiger partial charge in [0.15, 0.2) is 0 Å². The van der Waals surface area contributed by atoms with Crippen molar-refractivity contribution in [3.05, 3.63) is 34.9 Å². The minimum atomic E-state index is -0.714. The van der Waals surface area contributed by atoms with E-state index in [1.54, 1.807) is 0 Å². The second-order valence-electron chi connectivity index (χ2n) is 5.02. The topological polar surface area (TPSA) is 49.3 Å². The standard InChI is InChI=1S/C14H19NO2/c1-10-4-5-11(2)12(8-10)9-15-14(13(16)17)6-3-7-14/h4-5,8,15H,3,6-7,9H2,1-2H3,(H,16,17). The van der Waals surface area contributed by atoms with E-state index in [9.17, 15) is 9.90 Å². The fourth-order valence-electron chi connectivity index (χ4n) is 2.25. The number of carboxylic acids is 1. The van der Waals surface area contributed by atoms with Gasteiger partial charge in [-0.3, -0.25) is 10.1 Å². The van der Waals surface area contributed by atoms with Crippen LogP contribution in [0, 0.1) is 13.8 Å². The van der Waals surface area contributed by atoms with Crippen molar-refractivity contribution >= 4 is 5.97 Å². The van der Waals surface area contributed by atoms with Crippen LogP contribution < -0.4 is 5.32 Å². The van der Waals surface area contributed by atoms with Gasteiger partial charge in [0, 0.05) is 6.54 Å². The van der Waals surface area contributed by atoms with Crippen molar-refractivity contribution in [3.63, 3.8) is 0 Å². The largest absolute Gasteiger partial charge is 0.480 e. The van der Waals surface area contributed by atoms with E-state index in [1.165, 1.54) is 16.7 Å². The highest BCUT2D eigenvalue weighted by Gasteiger charge is 2.43. The average molecular weight is 233 g/mol.